The van der Waals surface area contributed by atoms with Crippen LogP contribution in [0.3, 0.4) is 0 Å². The summed E-state index contributed by atoms with van der Waals surface area (Å²) in [5.41, 5.74) is 1.23. The van der Waals surface area contributed by atoms with E-state index >= 15 is 0 Å². The number of rotatable bonds is 6. The molecule has 1 aromatic carbocycles. The summed E-state index contributed by atoms with van der Waals surface area (Å²) >= 11 is 1.67. The molecule has 0 aliphatic carbocycles. The van der Waals surface area contributed by atoms with Crippen LogP contribution in [0.4, 0.5) is 0 Å². The minimum absolute atomic E-state index is 0.144. The lowest BCUT2D eigenvalue weighted by Crippen LogP contribution is -2.04. The topological polar surface area (TPSA) is 54.4 Å². The van der Waals surface area contributed by atoms with E-state index in [0.717, 1.165) is 11.5 Å². The van der Waals surface area contributed by atoms with Gasteiger partial charge in [0.2, 0.25) is 0 Å². The van der Waals surface area contributed by atoms with Gasteiger partial charge in [-0.3, -0.25) is 4.55 Å². The van der Waals surface area contributed by atoms with Crippen LogP contribution in [0.5, 0.6) is 0 Å². The van der Waals surface area contributed by atoms with E-state index in [1.807, 2.05) is 30.3 Å². The molecular formula is C10H14O3S2. The van der Waals surface area contributed by atoms with Crippen LogP contribution in [-0.4, -0.2) is 24.5 Å². The van der Waals surface area contributed by atoms with Gasteiger partial charge in [-0.2, -0.15) is 20.2 Å². The van der Waals surface area contributed by atoms with Crippen LogP contribution in [0.15, 0.2) is 30.3 Å². The third kappa shape index (κ3) is 6.54. The number of benzene rings is 1. The minimum atomic E-state index is -3.78. The van der Waals surface area contributed by atoms with Crippen molar-refractivity contribution in [3.63, 3.8) is 0 Å². The number of hydrogen-bond acceptors (Lipinski definition) is 3. The van der Waals surface area contributed by atoms with E-state index in [2.05, 4.69) is 0 Å². The summed E-state index contributed by atoms with van der Waals surface area (Å²) in [5, 5.41) is 0. The average molecular weight is 246 g/mol. The highest BCUT2D eigenvalue weighted by Gasteiger charge is 2.03. The standard InChI is InChI=1S/C10H14O3S2/c11-15(12,13)8-4-7-14-9-10-5-2-1-3-6-10/h1-3,5-6H,4,7-9H2,(H,11,12,13). The third-order valence-electron chi connectivity index (χ3n) is 1.80. The van der Waals surface area contributed by atoms with E-state index in [0.29, 0.717) is 6.42 Å². The van der Waals surface area contributed by atoms with Crippen molar-refractivity contribution in [2.24, 2.45) is 0 Å². The third-order valence-corrected chi connectivity index (χ3v) is 3.72. The summed E-state index contributed by atoms with van der Waals surface area (Å²) in [6.45, 7) is 0. The van der Waals surface area contributed by atoms with Crippen molar-refractivity contribution in [3.05, 3.63) is 35.9 Å². The van der Waals surface area contributed by atoms with E-state index in [1.54, 1.807) is 11.8 Å². The smallest absolute Gasteiger partial charge is 0.264 e. The first-order valence-electron chi connectivity index (χ1n) is 4.65. The molecule has 0 atom stereocenters. The maximum absolute atomic E-state index is 10.4. The van der Waals surface area contributed by atoms with Gasteiger partial charge in [-0.05, 0) is 17.7 Å². The van der Waals surface area contributed by atoms with Crippen molar-refractivity contribution in [3.8, 4) is 0 Å². The second kappa shape index (κ2) is 6.15. The SMILES string of the molecule is O=S(=O)(O)CCCSCc1ccccc1. The van der Waals surface area contributed by atoms with Crippen molar-refractivity contribution < 1.29 is 13.0 Å². The van der Waals surface area contributed by atoms with Gasteiger partial charge in [-0.15, -0.1) is 0 Å². The van der Waals surface area contributed by atoms with Crippen LogP contribution in [0.25, 0.3) is 0 Å². The van der Waals surface area contributed by atoms with Gasteiger partial charge in [0.1, 0.15) is 0 Å². The summed E-state index contributed by atoms with van der Waals surface area (Å²) in [4.78, 5) is 0. The zero-order chi connectivity index (χ0) is 11.1. The molecule has 0 fully saturated rings. The highest BCUT2D eigenvalue weighted by Crippen LogP contribution is 2.12. The molecular weight excluding hydrogens is 232 g/mol. The maximum atomic E-state index is 10.4. The van der Waals surface area contributed by atoms with Gasteiger partial charge in [0.25, 0.3) is 10.1 Å². The van der Waals surface area contributed by atoms with Crippen LogP contribution in [0, 0.1) is 0 Å². The Morgan fingerprint density at radius 1 is 1.20 bits per heavy atom. The summed E-state index contributed by atoms with van der Waals surface area (Å²) in [5.74, 6) is 1.48. The first-order chi connectivity index (χ1) is 7.08. The molecule has 15 heavy (non-hydrogen) atoms. The lowest BCUT2D eigenvalue weighted by Gasteiger charge is -2.00. The normalized spacial score (nSPS) is 11.5. The Labute approximate surface area is 94.6 Å². The van der Waals surface area contributed by atoms with Crippen LogP contribution in [0.2, 0.25) is 0 Å². The van der Waals surface area contributed by atoms with E-state index in [1.165, 1.54) is 5.56 Å². The summed E-state index contributed by atoms with van der Waals surface area (Å²) in [7, 11) is -3.78. The zero-order valence-electron chi connectivity index (χ0n) is 8.30. The van der Waals surface area contributed by atoms with Crippen molar-refractivity contribution in [1.82, 2.24) is 0 Å². The molecule has 0 aromatic heterocycles. The molecule has 1 rings (SSSR count). The number of hydrogen-bond donors (Lipinski definition) is 1. The molecule has 3 nitrogen and oxygen atoms in total. The minimum Gasteiger partial charge on any atom is -0.286 e. The highest BCUT2D eigenvalue weighted by atomic mass is 32.2. The van der Waals surface area contributed by atoms with Crippen molar-refractivity contribution in [2.75, 3.05) is 11.5 Å². The fourth-order valence-corrected chi connectivity index (χ4v) is 2.72. The Kier molecular flexibility index (Phi) is 5.14. The number of thioether (sulfide) groups is 1. The molecule has 5 heteroatoms. The summed E-state index contributed by atoms with van der Waals surface area (Å²) in [6.07, 6.45) is 0.496. The monoisotopic (exact) mass is 246 g/mol. The van der Waals surface area contributed by atoms with Gasteiger partial charge in [0, 0.05) is 5.75 Å². The first kappa shape index (κ1) is 12.5. The highest BCUT2D eigenvalue weighted by molar-refractivity contribution is 7.98. The Hall–Kier alpha value is -0.520. The molecule has 1 aromatic rings. The average Bonchev–Trinajstić information content (AvgIpc) is 2.17. The van der Waals surface area contributed by atoms with Crippen LogP contribution in [-0.2, 0) is 15.9 Å². The van der Waals surface area contributed by atoms with Gasteiger partial charge < -0.3 is 0 Å². The molecule has 0 spiro atoms. The lowest BCUT2D eigenvalue weighted by atomic mass is 10.2. The molecule has 0 saturated carbocycles. The fourth-order valence-electron chi connectivity index (χ4n) is 1.11. The molecule has 0 bridgehead atoms. The molecule has 0 saturated heterocycles. The Morgan fingerprint density at radius 3 is 2.47 bits per heavy atom. The first-order valence-corrected chi connectivity index (χ1v) is 7.41. The zero-order valence-corrected chi connectivity index (χ0v) is 9.93. The fraction of sp³-hybridized carbons (Fsp3) is 0.400. The second-order valence-electron chi connectivity index (χ2n) is 3.18. The Bertz CT molecular complexity index is 373. The Balaban J connectivity index is 2.13. The molecule has 0 unspecified atom stereocenters. The molecule has 0 amide bonds. The molecule has 0 aliphatic heterocycles. The quantitative estimate of drug-likeness (QED) is 0.617. The lowest BCUT2D eigenvalue weighted by molar-refractivity contribution is 0.482. The Morgan fingerprint density at radius 2 is 1.87 bits per heavy atom. The second-order valence-corrected chi connectivity index (χ2v) is 5.86. The van der Waals surface area contributed by atoms with Gasteiger partial charge in [-0.1, -0.05) is 30.3 Å². The van der Waals surface area contributed by atoms with E-state index < -0.39 is 10.1 Å². The molecule has 0 aliphatic rings. The predicted molar refractivity (Wildman–Crippen MR) is 63.6 cm³/mol. The largest absolute Gasteiger partial charge is 0.286 e. The van der Waals surface area contributed by atoms with Crippen molar-refractivity contribution >= 4 is 21.9 Å². The summed E-state index contributed by atoms with van der Waals surface area (Å²) < 4.78 is 29.3. The van der Waals surface area contributed by atoms with Gasteiger partial charge in [0.15, 0.2) is 0 Å². The molecule has 0 radical (unpaired) electrons. The van der Waals surface area contributed by atoms with E-state index in [9.17, 15) is 8.42 Å². The van der Waals surface area contributed by atoms with Gasteiger partial charge >= 0.3 is 0 Å². The van der Waals surface area contributed by atoms with E-state index in [4.69, 9.17) is 4.55 Å². The van der Waals surface area contributed by atoms with Crippen molar-refractivity contribution in [1.29, 1.82) is 0 Å². The van der Waals surface area contributed by atoms with Crippen molar-refractivity contribution in [2.45, 2.75) is 12.2 Å². The predicted octanol–water partition coefficient (Wildman–Crippen LogP) is 2.20. The van der Waals surface area contributed by atoms with Crippen LogP contribution >= 0.6 is 11.8 Å². The molecule has 84 valence electrons. The maximum Gasteiger partial charge on any atom is 0.264 e. The molecule has 0 heterocycles. The van der Waals surface area contributed by atoms with Crippen LogP contribution < -0.4 is 0 Å². The summed E-state index contributed by atoms with van der Waals surface area (Å²) in [6, 6.07) is 10.0. The van der Waals surface area contributed by atoms with Gasteiger partial charge in [0.05, 0.1) is 5.75 Å². The van der Waals surface area contributed by atoms with Crippen LogP contribution in [0.1, 0.15) is 12.0 Å². The van der Waals surface area contributed by atoms with E-state index in [-0.39, 0.29) is 5.75 Å². The molecule has 1 N–H and O–H groups in total. The van der Waals surface area contributed by atoms with Gasteiger partial charge in [-0.25, -0.2) is 0 Å².